The molecular weight excluding hydrogens is 424 g/mol. The summed E-state index contributed by atoms with van der Waals surface area (Å²) in [5.74, 6) is 0. The van der Waals surface area contributed by atoms with E-state index in [9.17, 15) is 4.79 Å². The van der Waals surface area contributed by atoms with Gasteiger partial charge in [-0.25, -0.2) is 0 Å². The van der Waals surface area contributed by atoms with E-state index < -0.39 is 0 Å². The number of nitrogens with one attached hydrogen (secondary N) is 2. The molecule has 2 N–H and O–H groups in total. The number of carbonyl (C=O) groups excluding carboxylic acids is 1. The molecular formula is C15H17N7OS2Zn. The zero-order valence-electron chi connectivity index (χ0n) is 14.6. The summed E-state index contributed by atoms with van der Waals surface area (Å²) in [7, 11) is 1.66. The van der Waals surface area contributed by atoms with Crippen LogP contribution in [-0.2, 0) is 44.7 Å². The molecule has 11 heteroatoms. The van der Waals surface area contributed by atoms with Crippen molar-refractivity contribution in [2.45, 2.75) is 13.8 Å². The molecule has 0 unspecified atom stereocenters. The topological polar surface area (TPSA) is 103 Å². The molecule has 0 radical (unpaired) electrons. The zero-order chi connectivity index (χ0) is 18.7. The molecule has 132 valence electrons. The van der Waals surface area contributed by atoms with Gasteiger partial charge >= 0.3 is 19.5 Å². The predicted octanol–water partition coefficient (Wildman–Crippen LogP) is 1.20. The molecule has 0 heterocycles. The maximum atomic E-state index is 10.6. The molecule has 26 heavy (non-hydrogen) atoms. The third-order valence-corrected chi connectivity index (χ3v) is 3.22. The summed E-state index contributed by atoms with van der Waals surface area (Å²) in [6, 6.07) is 6.90. The molecule has 0 saturated carbocycles. The molecule has 1 aromatic rings. The first-order valence-corrected chi connectivity index (χ1v) is 7.89. The first-order valence-electron chi connectivity index (χ1n) is 7.07. The minimum atomic E-state index is 0. The zero-order valence-corrected chi connectivity index (χ0v) is 19.2. The normalized spacial score (nSPS) is 13.3. The van der Waals surface area contributed by atoms with Crippen LogP contribution in [0.15, 0.2) is 49.8 Å². The number of amidine groups is 2. The Morgan fingerprint density at radius 2 is 1.42 bits per heavy atom. The van der Waals surface area contributed by atoms with Crippen LogP contribution in [0, 0.1) is 0 Å². The number of aldehydes is 1. The first-order chi connectivity index (χ1) is 12.0. The third-order valence-electron chi connectivity index (χ3n) is 2.77. The van der Waals surface area contributed by atoms with E-state index in [0.717, 1.165) is 11.8 Å². The monoisotopic (exact) mass is 439 g/mol. The summed E-state index contributed by atoms with van der Waals surface area (Å²) in [5.41, 5.74) is 5.08. The molecule has 0 aliphatic heterocycles. The van der Waals surface area contributed by atoms with E-state index in [1.165, 1.54) is 0 Å². The van der Waals surface area contributed by atoms with Gasteiger partial charge in [-0.3, -0.25) is 10.2 Å². The van der Waals surface area contributed by atoms with Crippen molar-refractivity contribution in [1.82, 2.24) is 10.7 Å². The molecule has 1 aromatic carbocycles. The maximum Gasteiger partial charge on any atom is 2.00 e. The summed E-state index contributed by atoms with van der Waals surface area (Å²) < 4.78 is 0. The van der Waals surface area contributed by atoms with Gasteiger partial charge in [-0.15, -0.1) is 0 Å². The molecule has 0 amide bonds. The fourth-order valence-corrected chi connectivity index (χ4v) is 1.41. The second-order valence-electron chi connectivity index (χ2n) is 4.59. The molecule has 0 atom stereocenters. The fourth-order valence-electron chi connectivity index (χ4n) is 1.28. The van der Waals surface area contributed by atoms with Crippen molar-refractivity contribution < 1.29 is 24.3 Å². The van der Waals surface area contributed by atoms with Gasteiger partial charge in [0, 0.05) is 17.8 Å². The summed E-state index contributed by atoms with van der Waals surface area (Å²) >= 11 is 9.86. The molecule has 0 aliphatic rings. The van der Waals surface area contributed by atoms with Gasteiger partial charge < -0.3 is 30.6 Å². The van der Waals surface area contributed by atoms with Gasteiger partial charge in [-0.2, -0.15) is 25.5 Å². The molecule has 0 spiro atoms. The van der Waals surface area contributed by atoms with Crippen molar-refractivity contribution in [3.63, 3.8) is 0 Å². The van der Waals surface area contributed by atoms with Gasteiger partial charge in [0.2, 0.25) is 0 Å². The molecule has 1 rings (SSSR count). The van der Waals surface area contributed by atoms with Crippen LogP contribution in [-0.4, -0.2) is 41.3 Å². The van der Waals surface area contributed by atoms with E-state index in [0.29, 0.717) is 17.0 Å². The summed E-state index contributed by atoms with van der Waals surface area (Å²) in [6.45, 7) is 3.45. The van der Waals surface area contributed by atoms with E-state index >= 15 is 0 Å². The molecule has 0 aliphatic carbocycles. The molecule has 0 aromatic heterocycles. The van der Waals surface area contributed by atoms with Crippen LogP contribution in [0.4, 0.5) is 0 Å². The van der Waals surface area contributed by atoms with Crippen molar-refractivity contribution >= 4 is 59.5 Å². The van der Waals surface area contributed by atoms with Gasteiger partial charge in [-0.1, -0.05) is 24.3 Å². The largest absolute Gasteiger partial charge is 2.00 e. The SMILES string of the molecule is CN/C([S-])=N/N=C(C)/C(C)=N/N=C(\[S-])N/N=C/c1ccc(C=O)cc1.[Zn+2]. The Balaban J connectivity index is 0.00000625. The molecule has 0 bridgehead atoms. The number of carbonyl (C=O) groups is 1. The van der Waals surface area contributed by atoms with Crippen LogP contribution in [0.3, 0.4) is 0 Å². The van der Waals surface area contributed by atoms with E-state index in [1.54, 1.807) is 51.4 Å². The van der Waals surface area contributed by atoms with Gasteiger partial charge in [0.1, 0.15) is 6.29 Å². The minimum Gasteiger partial charge on any atom is -0.741 e. The van der Waals surface area contributed by atoms with E-state index in [-0.39, 0.29) is 29.8 Å². The summed E-state index contributed by atoms with van der Waals surface area (Å²) in [4.78, 5) is 10.6. The number of nitrogens with zero attached hydrogens (tertiary/aromatic N) is 5. The van der Waals surface area contributed by atoms with Crippen molar-refractivity contribution in [1.29, 1.82) is 0 Å². The standard InChI is InChI=1S/C15H19N7OS2.Zn/c1-10(18-21-14(24)16-3)11(2)19-22-15(25)20-17-8-12-4-6-13(9-23)7-5-12;/h4-9H,1-3H3,(H2,16,21,24)(H2,20,22,25);/q;+2/p-2/b17-8+,18-10+,19-11+;. The number of benzene rings is 1. The summed E-state index contributed by atoms with van der Waals surface area (Å²) in [5, 5.41) is 22.5. The van der Waals surface area contributed by atoms with Crippen molar-refractivity contribution in [2.24, 2.45) is 25.5 Å². The van der Waals surface area contributed by atoms with Crippen molar-refractivity contribution in [3.8, 4) is 0 Å². The van der Waals surface area contributed by atoms with Gasteiger partial charge in [-0.05, 0) is 24.6 Å². The Labute approximate surface area is 176 Å². The van der Waals surface area contributed by atoms with Crippen molar-refractivity contribution in [2.75, 3.05) is 7.05 Å². The average molecular weight is 441 g/mol. The average Bonchev–Trinajstić information content (AvgIpc) is 2.64. The van der Waals surface area contributed by atoms with Crippen LogP contribution in [0.5, 0.6) is 0 Å². The van der Waals surface area contributed by atoms with Crippen LogP contribution in [0.1, 0.15) is 29.8 Å². The molecule has 8 nitrogen and oxygen atoms in total. The third kappa shape index (κ3) is 9.40. The Morgan fingerprint density at radius 3 is 1.92 bits per heavy atom. The number of rotatable bonds is 6. The van der Waals surface area contributed by atoms with E-state index in [1.807, 2.05) is 0 Å². The minimum absolute atomic E-state index is 0. The van der Waals surface area contributed by atoms with Gasteiger partial charge in [0.25, 0.3) is 0 Å². The molecule has 0 saturated heterocycles. The van der Waals surface area contributed by atoms with Crippen LogP contribution in [0.2, 0.25) is 0 Å². The maximum absolute atomic E-state index is 10.6. The van der Waals surface area contributed by atoms with E-state index in [4.69, 9.17) is 25.3 Å². The van der Waals surface area contributed by atoms with E-state index in [2.05, 4.69) is 36.2 Å². The van der Waals surface area contributed by atoms with Gasteiger partial charge in [0.15, 0.2) is 0 Å². The van der Waals surface area contributed by atoms with Crippen LogP contribution >= 0.6 is 0 Å². The smallest absolute Gasteiger partial charge is 0.741 e. The predicted molar refractivity (Wildman–Crippen MR) is 107 cm³/mol. The Kier molecular flexibility index (Phi) is 12.1. The van der Waals surface area contributed by atoms with Crippen molar-refractivity contribution in [3.05, 3.63) is 35.4 Å². The second kappa shape index (κ2) is 13.2. The van der Waals surface area contributed by atoms with Gasteiger partial charge in [0.05, 0.1) is 17.6 Å². The first kappa shape index (κ1) is 23.9. The van der Waals surface area contributed by atoms with Crippen LogP contribution < -0.4 is 10.7 Å². The fraction of sp³-hybridized carbons (Fsp3) is 0.200. The number of hydrogen-bond donors (Lipinski definition) is 2. The molecule has 0 fully saturated rings. The van der Waals surface area contributed by atoms with Crippen LogP contribution in [0.25, 0.3) is 0 Å². The summed E-state index contributed by atoms with van der Waals surface area (Å²) in [6.07, 6.45) is 2.33. The number of hydrogen-bond acceptors (Lipinski definition) is 8. The Bertz CT molecular complexity index is 743. The Hall–Kier alpha value is -2.10. The Morgan fingerprint density at radius 1 is 0.923 bits per heavy atom. The quantitative estimate of drug-likeness (QED) is 0.173. The number of hydrazone groups is 1. The second-order valence-corrected chi connectivity index (χ2v) is 5.36.